The van der Waals surface area contributed by atoms with Gasteiger partial charge in [0, 0.05) is 50.9 Å². The number of aryl methyl sites for hydroxylation is 1. The van der Waals surface area contributed by atoms with E-state index in [1.807, 2.05) is 30.0 Å². The fraction of sp³-hybridized carbons (Fsp3) is 0.556. The molecule has 2 fully saturated rings. The van der Waals surface area contributed by atoms with E-state index < -0.39 is 0 Å². The van der Waals surface area contributed by atoms with Crippen LogP contribution in [0, 0.1) is 6.92 Å². The van der Waals surface area contributed by atoms with Gasteiger partial charge in [-0.2, -0.15) is 0 Å². The van der Waals surface area contributed by atoms with Gasteiger partial charge in [0.05, 0.1) is 6.54 Å². The molecule has 2 amide bonds. The second-order valence-electron chi connectivity index (χ2n) is 6.57. The molecule has 6 heteroatoms. The molecule has 0 spiro atoms. The Labute approximate surface area is 143 Å². The van der Waals surface area contributed by atoms with Gasteiger partial charge in [0.2, 0.25) is 5.91 Å². The number of nitrogens with one attached hydrogen (secondary N) is 2. The van der Waals surface area contributed by atoms with Gasteiger partial charge in [-0.25, -0.2) is 0 Å². The highest BCUT2D eigenvalue weighted by molar-refractivity contribution is 5.97. The highest BCUT2D eigenvalue weighted by Crippen LogP contribution is 2.16. The first-order valence-electron chi connectivity index (χ1n) is 8.71. The third kappa shape index (κ3) is 3.94. The van der Waals surface area contributed by atoms with Crippen molar-refractivity contribution < 1.29 is 9.59 Å². The fourth-order valence-corrected chi connectivity index (χ4v) is 3.50. The number of hydrogen-bond acceptors (Lipinski definition) is 4. The Bertz CT molecular complexity index is 598. The molecular weight excluding hydrogens is 304 g/mol. The Morgan fingerprint density at radius 3 is 2.71 bits per heavy atom. The number of likely N-dealkylation sites (tertiary alicyclic amines) is 1. The van der Waals surface area contributed by atoms with Crippen LogP contribution < -0.4 is 10.6 Å². The standard InChI is InChI=1S/C18H26N4O2/c1-14-4-2-3-5-16(14)18(24)20-12-17(23)22-9-6-15(13-22)21-10-7-19-8-11-21/h2-5,15,19H,6-13H2,1H3,(H,20,24). The molecule has 2 aliphatic rings. The van der Waals surface area contributed by atoms with Crippen molar-refractivity contribution in [3.8, 4) is 0 Å². The van der Waals surface area contributed by atoms with Gasteiger partial charge in [0.15, 0.2) is 0 Å². The second-order valence-corrected chi connectivity index (χ2v) is 6.57. The van der Waals surface area contributed by atoms with Crippen molar-refractivity contribution in [1.29, 1.82) is 0 Å². The van der Waals surface area contributed by atoms with Crippen molar-refractivity contribution in [2.24, 2.45) is 0 Å². The molecule has 2 N–H and O–H groups in total. The van der Waals surface area contributed by atoms with Gasteiger partial charge in [-0.15, -0.1) is 0 Å². The van der Waals surface area contributed by atoms with Gasteiger partial charge < -0.3 is 15.5 Å². The van der Waals surface area contributed by atoms with E-state index in [1.54, 1.807) is 6.07 Å². The first kappa shape index (κ1) is 16.9. The summed E-state index contributed by atoms with van der Waals surface area (Å²) in [6.45, 7) is 7.69. The number of benzene rings is 1. The SMILES string of the molecule is Cc1ccccc1C(=O)NCC(=O)N1CCC(N2CCNCC2)C1. The molecule has 2 aliphatic heterocycles. The maximum Gasteiger partial charge on any atom is 0.251 e. The van der Waals surface area contributed by atoms with Gasteiger partial charge in [-0.3, -0.25) is 14.5 Å². The van der Waals surface area contributed by atoms with Crippen LogP contribution in [0.3, 0.4) is 0 Å². The zero-order valence-corrected chi connectivity index (χ0v) is 14.3. The number of amides is 2. The monoisotopic (exact) mass is 330 g/mol. The molecule has 0 aromatic heterocycles. The molecule has 6 nitrogen and oxygen atoms in total. The minimum atomic E-state index is -0.181. The summed E-state index contributed by atoms with van der Waals surface area (Å²) >= 11 is 0. The predicted octanol–water partition coefficient (Wildman–Crippen LogP) is 0.231. The van der Waals surface area contributed by atoms with Gasteiger partial charge in [0.1, 0.15) is 0 Å². The summed E-state index contributed by atoms with van der Waals surface area (Å²) in [5, 5.41) is 6.11. The molecule has 0 saturated carbocycles. The van der Waals surface area contributed by atoms with Crippen LogP contribution in [0.25, 0.3) is 0 Å². The maximum atomic E-state index is 12.4. The van der Waals surface area contributed by atoms with Crippen LogP contribution in [0.5, 0.6) is 0 Å². The molecule has 1 unspecified atom stereocenters. The number of piperazine rings is 1. The Morgan fingerprint density at radius 1 is 1.21 bits per heavy atom. The van der Waals surface area contributed by atoms with Crippen molar-refractivity contribution >= 4 is 11.8 Å². The van der Waals surface area contributed by atoms with Crippen molar-refractivity contribution in [3.05, 3.63) is 35.4 Å². The lowest BCUT2D eigenvalue weighted by atomic mass is 10.1. The molecule has 1 aromatic carbocycles. The highest BCUT2D eigenvalue weighted by atomic mass is 16.2. The van der Waals surface area contributed by atoms with E-state index in [-0.39, 0.29) is 18.4 Å². The Kier molecular flexibility index (Phi) is 5.48. The van der Waals surface area contributed by atoms with E-state index in [1.165, 1.54) is 0 Å². The molecule has 24 heavy (non-hydrogen) atoms. The zero-order valence-electron chi connectivity index (χ0n) is 14.3. The first-order valence-corrected chi connectivity index (χ1v) is 8.71. The number of carbonyl (C=O) groups excluding carboxylic acids is 2. The van der Waals surface area contributed by atoms with E-state index in [4.69, 9.17) is 0 Å². The predicted molar refractivity (Wildman–Crippen MR) is 92.9 cm³/mol. The smallest absolute Gasteiger partial charge is 0.251 e. The molecule has 130 valence electrons. The summed E-state index contributed by atoms with van der Waals surface area (Å²) in [7, 11) is 0. The minimum absolute atomic E-state index is 0.00886. The van der Waals surface area contributed by atoms with Gasteiger partial charge in [-0.05, 0) is 25.0 Å². The molecule has 0 radical (unpaired) electrons. The number of hydrogen-bond donors (Lipinski definition) is 2. The van der Waals surface area contributed by atoms with E-state index in [2.05, 4.69) is 15.5 Å². The molecule has 3 rings (SSSR count). The topological polar surface area (TPSA) is 64.7 Å². The van der Waals surface area contributed by atoms with E-state index in [0.717, 1.165) is 51.3 Å². The molecule has 0 bridgehead atoms. The van der Waals surface area contributed by atoms with Crippen LogP contribution >= 0.6 is 0 Å². The Morgan fingerprint density at radius 2 is 1.96 bits per heavy atom. The van der Waals surface area contributed by atoms with Crippen molar-refractivity contribution in [2.75, 3.05) is 45.8 Å². The lowest BCUT2D eigenvalue weighted by Gasteiger charge is -2.32. The molecule has 2 heterocycles. The van der Waals surface area contributed by atoms with E-state index in [0.29, 0.717) is 11.6 Å². The summed E-state index contributed by atoms with van der Waals surface area (Å²) in [5.41, 5.74) is 1.55. The fourth-order valence-electron chi connectivity index (χ4n) is 3.50. The molecule has 1 atom stereocenters. The van der Waals surface area contributed by atoms with Crippen LogP contribution in [0.1, 0.15) is 22.3 Å². The number of carbonyl (C=O) groups is 2. The molecule has 0 aliphatic carbocycles. The third-order valence-electron chi connectivity index (χ3n) is 4.97. The normalized spacial score (nSPS) is 21.7. The summed E-state index contributed by atoms with van der Waals surface area (Å²) < 4.78 is 0. The van der Waals surface area contributed by atoms with E-state index in [9.17, 15) is 9.59 Å². The average molecular weight is 330 g/mol. The molecule has 1 aromatic rings. The summed E-state index contributed by atoms with van der Waals surface area (Å²) in [5.74, 6) is -0.172. The number of rotatable bonds is 4. The maximum absolute atomic E-state index is 12.4. The van der Waals surface area contributed by atoms with Gasteiger partial charge in [0.25, 0.3) is 5.91 Å². The van der Waals surface area contributed by atoms with Crippen LogP contribution in [-0.4, -0.2) is 73.5 Å². The number of nitrogens with zero attached hydrogens (tertiary/aromatic N) is 2. The van der Waals surface area contributed by atoms with Crippen LogP contribution in [0.4, 0.5) is 0 Å². The second kappa shape index (κ2) is 7.77. The molecule has 2 saturated heterocycles. The minimum Gasteiger partial charge on any atom is -0.343 e. The summed E-state index contributed by atoms with van der Waals surface area (Å²) in [6, 6.07) is 7.88. The van der Waals surface area contributed by atoms with Crippen LogP contribution in [0.2, 0.25) is 0 Å². The lowest BCUT2D eigenvalue weighted by Crippen LogP contribution is -2.49. The van der Waals surface area contributed by atoms with Crippen molar-refractivity contribution in [3.63, 3.8) is 0 Å². The van der Waals surface area contributed by atoms with Crippen LogP contribution in [0.15, 0.2) is 24.3 Å². The third-order valence-corrected chi connectivity index (χ3v) is 4.97. The summed E-state index contributed by atoms with van der Waals surface area (Å²) in [6.07, 6.45) is 1.03. The van der Waals surface area contributed by atoms with Crippen molar-refractivity contribution in [2.45, 2.75) is 19.4 Å². The zero-order chi connectivity index (χ0) is 16.9. The quantitative estimate of drug-likeness (QED) is 0.830. The van der Waals surface area contributed by atoms with Crippen LogP contribution in [-0.2, 0) is 4.79 Å². The Hall–Kier alpha value is -1.92. The van der Waals surface area contributed by atoms with Crippen molar-refractivity contribution in [1.82, 2.24) is 20.4 Å². The van der Waals surface area contributed by atoms with Gasteiger partial charge >= 0.3 is 0 Å². The Balaban J connectivity index is 1.47. The summed E-state index contributed by atoms with van der Waals surface area (Å²) in [4.78, 5) is 28.9. The largest absolute Gasteiger partial charge is 0.343 e. The first-order chi connectivity index (χ1) is 11.6. The van der Waals surface area contributed by atoms with E-state index >= 15 is 0 Å². The van der Waals surface area contributed by atoms with Gasteiger partial charge in [-0.1, -0.05) is 18.2 Å². The lowest BCUT2D eigenvalue weighted by molar-refractivity contribution is -0.129. The average Bonchev–Trinajstić information content (AvgIpc) is 3.11. The highest BCUT2D eigenvalue weighted by Gasteiger charge is 2.30. The molecular formula is C18H26N4O2.